The lowest BCUT2D eigenvalue weighted by Gasteiger charge is -2.47. The normalized spacial score (nSPS) is 31.9. The number of carbonyl (C=O) groups is 1. The summed E-state index contributed by atoms with van der Waals surface area (Å²) in [6.45, 7) is 10.8. The van der Waals surface area contributed by atoms with Crippen molar-refractivity contribution in [1.29, 1.82) is 0 Å². The predicted octanol–water partition coefficient (Wildman–Crippen LogP) is 2.59. The molecule has 2 aliphatic rings. The van der Waals surface area contributed by atoms with Crippen molar-refractivity contribution in [2.75, 3.05) is 13.2 Å². The summed E-state index contributed by atoms with van der Waals surface area (Å²) in [6, 6.07) is 0.269. The third kappa shape index (κ3) is 2.86. The van der Waals surface area contributed by atoms with E-state index >= 15 is 0 Å². The monoisotopic (exact) mass is 253 g/mol. The minimum absolute atomic E-state index is 0.135. The van der Waals surface area contributed by atoms with Gasteiger partial charge in [-0.1, -0.05) is 6.08 Å². The lowest BCUT2D eigenvalue weighted by molar-refractivity contribution is -0.0853. The first-order chi connectivity index (χ1) is 8.40. The average Bonchev–Trinajstić information content (AvgIpc) is 2.24. The highest BCUT2D eigenvalue weighted by molar-refractivity contribution is 5.69. The number of rotatable bonds is 1. The third-order valence-corrected chi connectivity index (χ3v) is 3.49. The first-order valence-electron chi connectivity index (χ1n) is 6.62. The molecular weight excluding hydrogens is 230 g/mol. The third-order valence-electron chi connectivity index (χ3n) is 3.49. The molecule has 4 heteroatoms. The second-order valence-corrected chi connectivity index (χ2v) is 6.20. The van der Waals surface area contributed by atoms with Gasteiger partial charge in [0, 0.05) is 0 Å². The first-order valence-corrected chi connectivity index (χ1v) is 6.62. The summed E-state index contributed by atoms with van der Waals surface area (Å²) in [4.78, 5) is 14.1. The Bertz CT molecular complexity index is 320. The molecule has 0 radical (unpaired) electrons. The van der Waals surface area contributed by atoms with Gasteiger partial charge in [0.2, 0.25) is 0 Å². The second-order valence-electron chi connectivity index (χ2n) is 6.20. The maximum Gasteiger partial charge on any atom is 0.410 e. The summed E-state index contributed by atoms with van der Waals surface area (Å²) in [6.07, 6.45) is 3.65. The van der Waals surface area contributed by atoms with Gasteiger partial charge in [-0.25, -0.2) is 4.79 Å². The van der Waals surface area contributed by atoms with Gasteiger partial charge in [-0.2, -0.15) is 0 Å². The molecule has 0 saturated carbocycles. The molecule has 2 rings (SSSR count). The van der Waals surface area contributed by atoms with Crippen molar-refractivity contribution in [1.82, 2.24) is 4.90 Å². The number of nitrogens with zero attached hydrogens (tertiary/aromatic N) is 1. The van der Waals surface area contributed by atoms with E-state index in [2.05, 4.69) is 6.58 Å². The van der Waals surface area contributed by atoms with E-state index < -0.39 is 5.60 Å². The number of morpholine rings is 1. The van der Waals surface area contributed by atoms with Crippen LogP contribution in [-0.2, 0) is 9.47 Å². The quantitative estimate of drug-likeness (QED) is 0.674. The van der Waals surface area contributed by atoms with Crippen molar-refractivity contribution < 1.29 is 14.3 Å². The van der Waals surface area contributed by atoms with E-state index in [1.54, 1.807) is 0 Å². The van der Waals surface area contributed by atoms with Gasteiger partial charge in [-0.15, -0.1) is 6.58 Å². The maximum atomic E-state index is 12.2. The van der Waals surface area contributed by atoms with E-state index in [-0.39, 0.29) is 18.2 Å². The van der Waals surface area contributed by atoms with Gasteiger partial charge in [0.15, 0.2) is 0 Å². The van der Waals surface area contributed by atoms with Crippen molar-refractivity contribution in [3.63, 3.8) is 0 Å². The van der Waals surface area contributed by atoms with Crippen molar-refractivity contribution in [2.24, 2.45) is 5.92 Å². The molecule has 2 heterocycles. The number of ether oxygens (including phenoxy) is 2. The Morgan fingerprint density at radius 1 is 1.33 bits per heavy atom. The van der Waals surface area contributed by atoms with E-state index in [0.717, 1.165) is 12.8 Å². The van der Waals surface area contributed by atoms with Crippen LogP contribution in [0.3, 0.4) is 0 Å². The van der Waals surface area contributed by atoms with Crippen LogP contribution in [0.1, 0.15) is 33.6 Å². The lowest BCUT2D eigenvalue weighted by atomic mass is 9.85. The largest absolute Gasteiger partial charge is 0.444 e. The summed E-state index contributed by atoms with van der Waals surface area (Å²) in [5, 5.41) is 0. The van der Waals surface area contributed by atoms with Crippen LogP contribution in [0.5, 0.6) is 0 Å². The number of allylic oxidation sites excluding steroid dienone is 1. The summed E-state index contributed by atoms with van der Waals surface area (Å²) in [7, 11) is 0. The lowest BCUT2D eigenvalue weighted by Crippen LogP contribution is -2.59. The highest BCUT2D eigenvalue weighted by Crippen LogP contribution is 2.33. The van der Waals surface area contributed by atoms with E-state index in [1.165, 1.54) is 0 Å². The molecule has 4 nitrogen and oxygen atoms in total. The number of hydrogen-bond donors (Lipinski definition) is 0. The van der Waals surface area contributed by atoms with Crippen molar-refractivity contribution in [3.05, 3.63) is 12.7 Å². The molecule has 0 aliphatic carbocycles. The molecule has 0 N–H and O–H groups in total. The van der Waals surface area contributed by atoms with Gasteiger partial charge in [0.25, 0.3) is 0 Å². The minimum atomic E-state index is -0.443. The van der Waals surface area contributed by atoms with Crippen molar-refractivity contribution in [3.8, 4) is 0 Å². The molecule has 0 aromatic heterocycles. The van der Waals surface area contributed by atoms with Crippen LogP contribution in [0.25, 0.3) is 0 Å². The molecule has 18 heavy (non-hydrogen) atoms. The van der Waals surface area contributed by atoms with Crippen LogP contribution in [0.4, 0.5) is 4.79 Å². The molecule has 0 aromatic rings. The Morgan fingerprint density at radius 3 is 2.33 bits per heavy atom. The molecule has 0 aromatic carbocycles. The van der Waals surface area contributed by atoms with Gasteiger partial charge in [-0.3, -0.25) is 4.90 Å². The van der Waals surface area contributed by atoms with Gasteiger partial charge >= 0.3 is 6.09 Å². The van der Waals surface area contributed by atoms with Crippen LogP contribution in [0.2, 0.25) is 0 Å². The van der Waals surface area contributed by atoms with Crippen molar-refractivity contribution in [2.45, 2.75) is 51.3 Å². The van der Waals surface area contributed by atoms with E-state index in [9.17, 15) is 4.79 Å². The highest BCUT2D eigenvalue weighted by Gasteiger charge is 2.42. The Balaban J connectivity index is 2.08. The van der Waals surface area contributed by atoms with Gasteiger partial charge in [0.1, 0.15) is 5.60 Å². The first kappa shape index (κ1) is 13.4. The molecule has 1 amide bonds. The summed E-state index contributed by atoms with van der Waals surface area (Å²) < 4.78 is 11.0. The topological polar surface area (TPSA) is 38.8 Å². The fourth-order valence-electron chi connectivity index (χ4n) is 2.76. The smallest absolute Gasteiger partial charge is 0.410 e. The SMILES string of the molecule is C=CC1CC2COCC(C1)N2C(=O)OC(C)(C)C. The summed E-state index contributed by atoms with van der Waals surface area (Å²) >= 11 is 0. The minimum Gasteiger partial charge on any atom is -0.444 e. The number of hydrogen-bond acceptors (Lipinski definition) is 3. The molecule has 2 bridgehead atoms. The molecule has 2 saturated heterocycles. The molecule has 2 fully saturated rings. The maximum absolute atomic E-state index is 12.2. The fraction of sp³-hybridized carbons (Fsp3) is 0.786. The van der Waals surface area contributed by atoms with Crippen LogP contribution in [0.15, 0.2) is 12.7 Å². The van der Waals surface area contributed by atoms with E-state index in [1.807, 2.05) is 31.7 Å². The van der Waals surface area contributed by atoms with Crippen LogP contribution in [-0.4, -0.2) is 41.9 Å². The molecule has 2 aliphatic heterocycles. The zero-order chi connectivity index (χ0) is 13.3. The second kappa shape index (κ2) is 4.92. The van der Waals surface area contributed by atoms with Gasteiger partial charge < -0.3 is 9.47 Å². The molecule has 102 valence electrons. The molecule has 2 atom stereocenters. The Labute approximate surface area is 109 Å². The van der Waals surface area contributed by atoms with Gasteiger partial charge in [0.05, 0.1) is 25.3 Å². The Morgan fingerprint density at radius 2 is 1.89 bits per heavy atom. The molecule has 2 unspecified atom stereocenters. The van der Waals surface area contributed by atoms with E-state index in [0.29, 0.717) is 19.1 Å². The molecule has 0 spiro atoms. The van der Waals surface area contributed by atoms with Crippen molar-refractivity contribution >= 4 is 6.09 Å². The van der Waals surface area contributed by atoms with Crippen LogP contribution >= 0.6 is 0 Å². The molecular formula is C14H23NO3. The summed E-state index contributed by atoms with van der Waals surface area (Å²) in [5.74, 6) is 0.489. The predicted molar refractivity (Wildman–Crippen MR) is 69.4 cm³/mol. The van der Waals surface area contributed by atoms with Crippen LogP contribution in [0, 0.1) is 5.92 Å². The van der Waals surface area contributed by atoms with E-state index in [4.69, 9.17) is 9.47 Å². The highest BCUT2D eigenvalue weighted by atomic mass is 16.6. The number of piperidine rings is 1. The van der Waals surface area contributed by atoms with Crippen LogP contribution < -0.4 is 0 Å². The average molecular weight is 253 g/mol. The zero-order valence-corrected chi connectivity index (χ0v) is 11.5. The standard InChI is InChI=1S/C14H23NO3/c1-5-10-6-11-8-17-9-12(7-10)15(11)13(16)18-14(2,3)4/h5,10-12H,1,6-9H2,2-4H3. The zero-order valence-electron chi connectivity index (χ0n) is 11.5. The Kier molecular flexibility index (Phi) is 3.66. The Hall–Kier alpha value is -1.03. The summed E-state index contributed by atoms with van der Waals surface area (Å²) in [5.41, 5.74) is -0.443. The number of amides is 1. The number of carbonyl (C=O) groups excluding carboxylic acids is 1. The fourth-order valence-corrected chi connectivity index (χ4v) is 2.76. The van der Waals surface area contributed by atoms with Gasteiger partial charge in [-0.05, 0) is 39.5 Å². The number of fused-ring (bicyclic) bond motifs is 2.